The number of benzene rings is 1. The van der Waals surface area contributed by atoms with E-state index in [-0.39, 0.29) is 6.61 Å². The molecule has 1 atom stereocenters. The number of aliphatic hydroxyl groups excluding tert-OH is 1. The molecule has 1 unspecified atom stereocenters. The first-order valence-corrected chi connectivity index (χ1v) is 6.80. The van der Waals surface area contributed by atoms with Crippen LogP contribution in [0.4, 0.5) is 0 Å². The first-order chi connectivity index (χ1) is 9.54. The van der Waals surface area contributed by atoms with Crippen molar-refractivity contribution in [2.75, 3.05) is 6.61 Å². The van der Waals surface area contributed by atoms with Crippen molar-refractivity contribution in [2.24, 2.45) is 0 Å². The summed E-state index contributed by atoms with van der Waals surface area (Å²) in [4.78, 5) is 4.19. The number of aromatic nitrogens is 3. The maximum atomic E-state index is 9.92. The molecule has 1 aromatic heterocycles. The summed E-state index contributed by atoms with van der Waals surface area (Å²) in [7, 11) is 0. The van der Waals surface area contributed by atoms with E-state index >= 15 is 0 Å². The third-order valence-electron chi connectivity index (χ3n) is 2.84. The fourth-order valence-corrected chi connectivity index (χ4v) is 2.01. The molecule has 1 aromatic carbocycles. The molecule has 5 nitrogen and oxygen atoms in total. The van der Waals surface area contributed by atoms with E-state index in [2.05, 4.69) is 10.1 Å². The number of hydrogen-bond donors (Lipinski definition) is 1. The molecule has 2 aromatic rings. The Bertz CT molecular complexity index is 554. The Morgan fingerprint density at radius 3 is 2.60 bits per heavy atom. The summed E-state index contributed by atoms with van der Waals surface area (Å²) in [6, 6.07) is 7.44. The smallest absolute Gasteiger partial charge is 0.147 e. The SMILES string of the molecule is Cc1nc(C)n(CC(O)COCc2ccc(Cl)cc2)n1. The Hall–Kier alpha value is -1.43. The van der Waals surface area contributed by atoms with Gasteiger partial charge in [-0.25, -0.2) is 9.67 Å². The van der Waals surface area contributed by atoms with E-state index < -0.39 is 6.10 Å². The normalized spacial score (nSPS) is 12.6. The number of hydrogen-bond acceptors (Lipinski definition) is 4. The van der Waals surface area contributed by atoms with Gasteiger partial charge in [0.2, 0.25) is 0 Å². The highest BCUT2D eigenvalue weighted by molar-refractivity contribution is 6.30. The summed E-state index contributed by atoms with van der Waals surface area (Å²) < 4.78 is 7.17. The molecule has 0 saturated carbocycles. The molecular formula is C14H18ClN3O2. The van der Waals surface area contributed by atoms with Gasteiger partial charge in [0.25, 0.3) is 0 Å². The highest BCUT2D eigenvalue weighted by atomic mass is 35.5. The predicted molar refractivity (Wildman–Crippen MR) is 76.6 cm³/mol. The van der Waals surface area contributed by atoms with Crippen LogP contribution in [-0.2, 0) is 17.9 Å². The molecule has 0 aliphatic carbocycles. The van der Waals surface area contributed by atoms with Crippen LogP contribution in [-0.4, -0.2) is 32.6 Å². The van der Waals surface area contributed by atoms with Crippen molar-refractivity contribution in [2.45, 2.75) is 33.1 Å². The van der Waals surface area contributed by atoms with Gasteiger partial charge >= 0.3 is 0 Å². The Kier molecular flexibility index (Phi) is 5.11. The van der Waals surface area contributed by atoms with Crippen molar-refractivity contribution in [1.82, 2.24) is 14.8 Å². The van der Waals surface area contributed by atoms with Crippen LogP contribution >= 0.6 is 11.6 Å². The molecule has 1 N–H and O–H groups in total. The zero-order valence-corrected chi connectivity index (χ0v) is 12.3. The minimum Gasteiger partial charge on any atom is -0.389 e. The van der Waals surface area contributed by atoms with E-state index in [0.29, 0.717) is 24.0 Å². The minimum atomic E-state index is -0.609. The average molecular weight is 296 g/mol. The third-order valence-corrected chi connectivity index (χ3v) is 3.09. The maximum absolute atomic E-state index is 9.92. The van der Waals surface area contributed by atoms with E-state index in [1.807, 2.05) is 38.1 Å². The van der Waals surface area contributed by atoms with Gasteiger partial charge in [0, 0.05) is 5.02 Å². The summed E-state index contributed by atoms with van der Waals surface area (Å²) in [5, 5.41) is 14.8. The van der Waals surface area contributed by atoms with E-state index in [4.69, 9.17) is 16.3 Å². The molecule has 0 spiro atoms. The van der Waals surface area contributed by atoms with Crippen molar-refractivity contribution in [3.05, 3.63) is 46.5 Å². The predicted octanol–water partition coefficient (Wildman–Crippen LogP) is 2.13. The second-order valence-corrected chi connectivity index (χ2v) is 5.12. The highest BCUT2D eigenvalue weighted by Gasteiger charge is 2.09. The lowest BCUT2D eigenvalue weighted by Gasteiger charge is -2.12. The number of aryl methyl sites for hydroxylation is 2. The van der Waals surface area contributed by atoms with Gasteiger partial charge in [-0.15, -0.1) is 0 Å². The molecule has 0 radical (unpaired) electrons. The fourth-order valence-electron chi connectivity index (χ4n) is 1.88. The largest absolute Gasteiger partial charge is 0.389 e. The second kappa shape index (κ2) is 6.83. The Morgan fingerprint density at radius 2 is 2.00 bits per heavy atom. The van der Waals surface area contributed by atoms with Crippen molar-refractivity contribution < 1.29 is 9.84 Å². The summed E-state index contributed by atoms with van der Waals surface area (Å²) in [6.45, 7) is 4.77. The van der Waals surface area contributed by atoms with Gasteiger partial charge < -0.3 is 9.84 Å². The highest BCUT2D eigenvalue weighted by Crippen LogP contribution is 2.10. The lowest BCUT2D eigenvalue weighted by molar-refractivity contribution is 0.0183. The van der Waals surface area contributed by atoms with Crippen LogP contribution < -0.4 is 0 Å². The van der Waals surface area contributed by atoms with Crippen LogP contribution in [0.3, 0.4) is 0 Å². The second-order valence-electron chi connectivity index (χ2n) is 4.68. The topological polar surface area (TPSA) is 60.2 Å². The van der Waals surface area contributed by atoms with Crippen LogP contribution in [0.1, 0.15) is 17.2 Å². The Labute approximate surface area is 123 Å². The molecular weight excluding hydrogens is 278 g/mol. The zero-order chi connectivity index (χ0) is 14.5. The minimum absolute atomic E-state index is 0.251. The molecule has 0 aliphatic heterocycles. The Morgan fingerprint density at radius 1 is 1.30 bits per heavy atom. The van der Waals surface area contributed by atoms with Gasteiger partial charge in [-0.3, -0.25) is 0 Å². The van der Waals surface area contributed by atoms with Crippen LogP contribution in [0.2, 0.25) is 5.02 Å². The van der Waals surface area contributed by atoms with Gasteiger partial charge in [-0.1, -0.05) is 23.7 Å². The standard InChI is InChI=1S/C14H18ClN3O2/c1-10-16-11(2)18(17-10)7-14(19)9-20-8-12-3-5-13(15)6-4-12/h3-6,14,19H,7-9H2,1-2H3. The summed E-state index contributed by atoms with van der Waals surface area (Å²) in [5.74, 6) is 1.50. The molecule has 108 valence electrons. The number of halogens is 1. The average Bonchev–Trinajstić information content (AvgIpc) is 2.70. The van der Waals surface area contributed by atoms with Crippen LogP contribution in [0.5, 0.6) is 0 Å². The van der Waals surface area contributed by atoms with Gasteiger partial charge in [0.05, 0.1) is 25.9 Å². The number of aliphatic hydroxyl groups is 1. The first kappa shape index (κ1) is 15.0. The van der Waals surface area contributed by atoms with Crippen LogP contribution in [0, 0.1) is 13.8 Å². The molecule has 0 bridgehead atoms. The molecule has 6 heteroatoms. The fraction of sp³-hybridized carbons (Fsp3) is 0.429. The quantitative estimate of drug-likeness (QED) is 0.887. The lowest BCUT2D eigenvalue weighted by Crippen LogP contribution is -2.23. The first-order valence-electron chi connectivity index (χ1n) is 6.43. The van der Waals surface area contributed by atoms with Crippen molar-refractivity contribution in [3.63, 3.8) is 0 Å². The summed E-state index contributed by atoms with van der Waals surface area (Å²) >= 11 is 5.81. The van der Waals surface area contributed by atoms with Crippen molar-refractivity contribution >= 4 is 11.6 Å². The maximum Gasteiger partial charge on any atom is 0.147 e. The van der Waals surface area contributed by atoms with Crippen molar-refractivity contribution in [3.8, 4) is 0 Å². The third kappa shape index (κ3) is 4.30. The molecule has 0 amide bonds. The molecule has 1 heterocycles. The zero-order valence-electron chi connectivity index (χ0n) is 11.6. The molecule has 0 saturated heterocycles. The van der Waals surface area contributed by atoms with Gasteiger partial charge in [-0.05, 0) is 31.5 Å². The molecule has 20 heavy (non-hydrogen) atoms. The van der Waals surface area contributed by atoms with Gasteiger partial charge in [0.15, 0.2) is 0 Å². The number of nitrogens with zero attached hydrogens (tertiary/aromatic N) is 3. The molecule has 0 fully saturated rings. The van der Waals surface area contributed by atoms with Gasteiger partial charge in [-0.2, -0.15) is 5.10 Å². The van der Waals surface area contributed by atoms with E-state index in [0.717, 1.165) is 11.4 Å². The lowest BCUT2D eigenvalue weighted by atomic mass is 10.2. The monoisotopic (exact) mass is 295 g/mol. The van der Waals surface area contributed by atoms with Gasteiger partial charge in [0.1, 0.15) is 11.6 Å². The summed E-state index contributed by atoms with van der Waals surface area (Å²) in [5.41, 5.74) is 1.02. The Balaban J connectivity index is 1.76. The van der Waals surface area contributed by atoms with Crippen LogP contribution in [0.15, 0.2) is 24.3 Å². The molecule has 2 rings (SSSR count). The van der Waals surface area contributed by atoms with Crippen LogP contribution in [0.25, 0.3) is 0 Å². The number of rotatable bonds is 6. The molecule has 0 aliphatic rings. The summed E-state index contributed by atoms with van der Waals surface area (Å²) in [6.07, 6.45) is -0.609. The van der Waals surface area contributed by atoms with Crippen molar-refractivity contribution in [1.29, 1.82) is 0 Å². The number of ether oxygens (including phenoxy) is 1. The van der Waals surface area contributed by atoms with E-state index in [1.54, 1.807) is 4.68 Å². The van der Waals surface area contributed by atoms with E-state index in [9.17, 15) is 5.11 Å². The van der Waals surface area contributed by atoms with E-state index in [1.165, 1.54) is 0 Å².